The molecule has 1 atom stereocenters. The van der Waals surface area contributed by atoms with Gasteiger partial charge in [0.1, 0.15) is 0 Å². The number of hydrogen-bond acceptors (Lipinski definition) is 1. The summed E-state index contributed by atoms with van der Waals surface area (Å²) in [6.07, 6.45) is 5.97. The van der Waals surface area contributed by atoms with Gasteiger partial charge in [-0.15, -0.1) is 0 Å². The molecule has 0 aromatic heterocycles. The first-order valence-electron chi connectivity index (χ1n) is 8.01. The van der Waals surface area contributed by atoms with E-state index in [1.54, 1.807) is 0 Å². The highest BCUT2D eigenvalue weighted by molar-refractivity contribution is 5.38. The standard InChI is InChI=1S/C20H25N/c1-15-6-5-7-16(12-15)14-20(2,21)19-11-10-17-8-3-4-9-18(17)13-19/h5-7,10-13H,3-4,8-9,14,21H2,1-2H3. The smallest absolute Gasteiger partial charge is 0.0421 e. The molecule has 0 radical (unpaired) electrons. The van der Waals surface area contributed by atoms with Crippen LogP contribution in [0.2, 0.25) is 0 Å². The van der Waals surface area contributed by atoms with Gasteiger partial charge in [-0.05, 0) is 68.2 Å². The molecule has 1 unspecified atom stereocenters. The highest BCUT2D eigenvalue weighted by Gasteiger charge is 2.23. The Morgan fingerprint density at radius 3 is 2.52 bits per heavy atom. The van der Waals surface area contributed by atoms with E-state index in [9.17, 15) is 0 Å². The molecule has 0 heterocycles. The molecule has 0 bridgehead atoms. The van der Waals surface area contributed by atoms with Crippen LogP contribution < -0.4 is 5.73 Å². The number of aryl methyl sites for hydroxylation is 3. The fourth-order valence-corrected chi connectivity index (χ4v) is 3.44. The monoisotopic (exact) mass is 279 g/mol. The average molecular weight is 279 g/mol. The highest BCUT2D eigenvalue weighted by Crippen LogP contribution is 2.28. The van der Waals surface area contributed by atoms with Gasteiger partial charge in [0.25, 0.3) is 0 Å². The summed E-state index contributed by atoms with van der Waals surface area (Å²) in [7, 11) is 0. The lowest BCUT2D eigenvalue weighted by Crippen LogP contribution is -2.35. The van der Waals surface area contributed by atoms with E-state index >= 15 is 0 Å². The summed E-state index contributed by atoms with van der Waals surface area (Å²) >= 11 is 0. The van der Waals surface area contributed by atoms with Crippen LogP contribution >= 0.6 is 0 Å². The van der Waals surface area contributed by atoms with Crippen LogP contribution in [0.3, 0.4) is 0 Å². The van der Waals surface area contributed by atoms with Crippen molar-refractivity contribution in [1.82, 2.24) is 0 Å². The van der Waals surface area contributed by atoms with Crippen LogP contribution in [-0.4, -0.2) is 0 Å². The second kappa shape index (κ2) is 5.65. The Labute approximate surface area is 128 Å². The van der Waals surface area contributed by atoms with E-state index in [4.69, 9.17) is 5.73 Å². The lowest BCUT2D eigenvalue weighted by atomic mass is 9.82. The summed E-state index contributed by atoms with van der Waals surface area (Å²) < 4.78 is 0. The van der Waals surface area contributed by atoms with Crippen LogP contribution in [0.15, 0.2) is 42.5 Å². The summed E-state index contributed by atoms with van der Waals surface area (Å²) in [6, 6.07) is 15.6. The van der Waals surface area contributed by atoms with Crippen LogP contribution in [-0.2, 0) is 24.8 Å². The maximum absolute atomic E-state index is 6.65. The lowest BCUT2D eigenvalue weighted by molar-refractivity contribution is 0.490. The molecular formula is C20H25N. The van der Waals surface area contributed by atoms with Crippen LogP contribution in [0.4, 0.5) is 0 Å². The molecule has 2 N–H and O–H groups in total. The van der Waals surface area contributed by atoms with Crippen molar-refractivity contribution in [3.63, 3.8) is 0 Å². The lowest BCUT2D eigenvalue weighted by Gasteiger charge is -2.28. The SMILES string of the molecule is Cc1cccc(CC(C)(N)c2ccc3c(c2)CCCC3)c1. The molecule has 1 aliphatic rings. The fraction of sp³-hybridized carbons (Fsp3) is 0.400. The largest absolute Gasteiger partial charge is 0.321 e. The van der Waals surface area contributed by atoms with E-state index in [1.165, 1.54) is 53.5 Å². The van der Waals surface area contributed by atoms with Gasteiger partial charge in [-0.1, -0.05) is 48.0 Å². The third-order valence-corrected chi connectivity index (χ3v) is 4.66. The Kier molecular flexibility index (Phi) is 3.86. The minimum Gasteiger partial charge on any atom is -0.321 e. The Hall–Kier alpha value is -1.60. The van der Waals surface area contributed by atoms with E-state index in [0.717, 1.165) is 6.42 Å². The maximum Gasteiger partial charge on any atom is 0.0421 e. The molecule has 0 saturated heterocycles. The number of hydrogen-bond donors (Lipinski definition) is 1. The minimum atomic E-state index is -0.305. The topological polar surface area (TPSA) is 26.0 Å². The zero-order valence-corrected chi connectivity index (χ0v) is 13.2. The van der Waals surface area contributed by atoms with Gasteiger partial charge in [-0.25, -0.2) is 0 Å². The van der Waals surface area contributed by atoms with Gasteiger partial charge in [0.15, 0.2) is 0 Å². The average Bonchev–Trinajstić information content (AvgIpc) is 2.46. The summed E-state index contributed by atoms with van der Waals surface area (Å²) in [6.45, 7) is 4.29. The minimum absolute atomic E-state index is 0.305. The van der Waals surface area contributed by atoms with E-state index in [2.05, 4.69) is 56.3 Å². The second-order valence-corrected chi connectivity index (χ2v) is 6.77. The first-order valence-corrected chi connectivity index (χ1v) is 8.01. The molecular weight excluding hydrogens is 254 g/mol. The molecule has 0 aliphatic heterocycles. The van der Waals surface area contributed by atoms with E-state index in [0.29, 0.717) is 0 Å². The third kappa shape index (κ3) is 3.19. The molecule has 0 saturated carbocycles. The molecule has 1 nitrogen and oxygen atoms in total. The van der Waals surface area contributed by atoms with Gasteiger partial charge in [0, 0.05) is 5.54 Å². The Balaban J connectivity index is 1.87. The molecule has 0 fully saturated rings. The molecule has 2 aromatic carbocycles. The summed E-state index contributed by atoms with van der Waals surface area (Å²) in [5.74, 6) is 0. The van der Waals surface area contributed by atoms with Gasteiger partial charge in [0.05, 0.1) is 0 Å². The molecule has 1 heteroatoms. The van der Waals surface area contributed by atoms with Crippen LogP contribution in [0, 0.1) is 6.92 Å². The first-order chi connectivity index (χ1) is 10.0. The summed E-state index contributed by atoms with van der Waals surface area (Å²) in [5.41, 5.74) is 13.3. The van der Waals surface area contributed by atoms with Crippen LogP contribution in [0.25, 0.3) is 0 Å². The zero-order chi connectivity index (χ0) is 14.9. The molecule has 2 aromatic rings. The van der Waals surface area contributed by atoms with Crippen molar-refractivity contribution in [2.45, 2.75) is 51.5 Å². The molecule has 0 spiro atoms. The van der Waals surface area contributed by atoms with Gasteiger partial charge < -0.3 is 5.73 Å². The van der Waals surface area contributed by atoms with Gasteiger partial charge >= 0.3 is 0 Å². The van der Waals surface area contributed by atoms with E-state index in [-0.39, 0.29) is 5.54 Å². The Bertz CT molecular complexity index is 640. The van der Waals surface area contributed by atoms with Crippen molar-refractivity contribution in [2.75, 3.05) is 0 Å². The van der Waals surface area contributed by atoms with Crippen molar-refractivity contribution in [3.05, 3.63) is 70.3 Å². The molecule has 1 aliphatic carbocycles. The van der Waals surface area contributed by atoms with Crippen LogP contribution in [0.1, 0.15) is 47.6 Å². The Morgan fingerprint density at radius 1 is 1.00 bits per heavy atom. The molecule has 110 valence electrons. The van der Waals surface area contributed by atoms with E-state index in [1.807, 2.05) is 0 Å². The van der Waals surface area contributed by atoms with Crippen molar-refractivity contribution in [1.29, 1.82) is 0 Å². The summed E-state index contributed by atoms with van der Waals surface area (Å²) in [4.78, 5) is 0. The van der Waals surface area contributed by atoms with Crippen LogP contribution in [0.5, 0.6) is 0 Å². The first kappa shape index (κ1) is 14.3. The van der Waals surface area contributed by atoms with Gasteiger partial charge in [0.2, 0.25) is 0 Å². The van der Waals surface area contributed by atoms with Crippen molar-refractivity contribution >= 4 is 0 Å². The van der Waals surface area contributed by atoms with Crippen molar-refractivity contribution < 1.29 is 0 Å². The highest BCUT2D eigenvalue weighted by atomic mass is 14.7. The normalized spacial score (nSPS) is 17.1. The third-order valence-electron chi connectivity index (χ3n) is 4.66. The maximum atomic E-state index is 6.65. The Morgan fingerprint density at radius 2 is 1.76 bits per heavy atom. The number of rotatable bonds is 3. The molecule has 0 amide bonds. The quantitative estimate of drug-likeness (QED) is 0.891. The second-order valence-electron chi connectivity index (χ2n) is 6.77. The number of nitrogens with two attached hydrogens (primary N) is 1. The predicted octanol–water partition coefficient (Wildman–Crippen LogP) is 4.29. The number of fused-ring (bicyclic) bond motifs is 1. The van der Waals surface area contributed by atoms with E-state index < -0.39 is 0 Å². The van der Waals surface area contributed by atoms with Crippen molar-refractivity contribution in [2.24, 2.45) is 5.73 Å². The molecule has 21 heavy (non-hydrogen) atoms. The fourth-order valence-electron chi connectivity index (χ4n) is 3.44. The predicted molar refractivity (Wildman–Crippen MR) is 89.5 cm³/mol. The molecule has 3 rings (SSSR count). The number of benzene rings is 2. The van der Waals surface area contributed by atoms with Crippen molar-refractivity contribution in [3.8, 4) is 0 Å². The zero-order valence-electron chi connectivity index (χ0n) is 13.2. The van der Waals surface area contributed by atoms with Gasteiger partial charge in [-0.2, -0.15) is 0 Å². The summed E-state index contributed by atoms with van der Waals surface area (Å²) in [5, 5.41) is 0. The van der Waals surface area contributed by atoms with Gasteiger partial charge in [-0.3, -0.25) is 0 Å².